The molecule has 0 radical (unpaired) electrons. The third kappa shape index (κ3) is 4.70. The van der Waals surface area contributed by atoms with E-state index >= 15 is 0 Å². The number of methoxy groups -OCH3 is 1. The number of nitrogens with two attached hydrogens (primary N) is 2. The molecular formula is C11H21N3O3. The first-order valence-electron chi connectivity index (χ1n) is 5.80. The highest BCUT2D eigenvalue weighted by atomic mass is 16.5. The van der Waals surface area contributed by atoms with Gasteiger partial charge in [0.2, 0.25) is 11.8 Å². The maximum atomic E-state index is 11.6. The van der Waals surface area contributed by atoms with Gasteiger partial charge in [0.25, 0.3) is 0 Å². The van der Waals surface area contributed by atoms with E-state index in [1.165, 1.54) is 0 Å². The lowest BCUT2D eigenvalue weighted by molar-refractivity contribution is -0.126. The van der Waals surface area contributed by atoms with Gasteiger partial charge in [0.1, 0.15) is 0 Å². The van der Waals surface area contributed by atoms with Crippen molar-refractivity contribution >= 4 is 11.8 Å². The van der Waals surface area contributed by atoms with E-state index in [0.717, 1.165) is 19.3 Å². The molecule has 0 aromatic carbocycles. The van der Waals surface area contributed by atoms with Gasteiger partial charge >= 0.3 is 0 Å². The van der Waals surface area contributed by atoms with Crippen LogP contribution in [0.1, 0.15) is 25.7 Å². The zero-order valence-electron chi connectivity index (χ0n) is 10.2. The smallest absolute Gasteiger partial charge is 0.237 e. The average molecular weight is 243 g/mol. The molecule has 1 aliphatic rings. The number of carbonyl (C=O) groups excluding carboxylic acids is 2. The van der Waals surface area contributed by atoms with Gasteiger partial charge < -0.3 is 21.5 Å². The van der Waals surface area contributed by atoms with E-state index in [-0.39, 0.29) is 17.7 Å². The first kappa shape index (κ1) is 13.9. The largest absolute Gasteiger partial charge is 0.385 e. The van der Waals surface area contributed by atoms with Gasteiger partial charge in [-0.05, 0) is 24.7 Å². The Morgan fingerprint density at radius 3 is 2.59 bits per heavy atom. The predicted octanol–water partition coefficient (Wildman–Crippen LogP) is -0.878. The van der Waals surface area contributed by atoms with Crippen molar-refractivity contribution < 1.29 is 14.3 Å². The number of primary amides is 1. The summed E-state index contributed by atoms with van der Waals surface area (Å²) in [6, 6.07) is -0.842. The second-order valence-corrected chi connectivity index (χ2v) is 4.74. The van der Waals surface area contributed by atoms with Gasteiger partial charge in [-0.2, -0.15) is 0 Å². The summed E-state index contributed by atoms with van der Waals surface area (Å²) < 4.78 is 5.03. The maximum absolute atomic E-state index is 11.6. The van der Waals surface area contributed by atoms with Crippen molar-refractivity contribution in [1.82, 2.24) is 5.32 Å². The Balaban J connectivity index is 2.25. The molecule has 1 rings (SSSR count). The highest BCUT2D eigenvalue weighted by molar-refractivity contribution is 5.87. The molecule has 0 spiro atoms. The van der Waals surface area contributed by atoms with Crippen molar-refractivity contribution in [3.8, 4) is 0 Å². The van der Waals surface area contributed by atoms with Crippen molar-refractivity contribution in [3.05, 3.63) is 0 Å². The summed E-state index contributed by atoms with van der Waals surface area (Å²) in [4.78, 5) is 22.2. The minimum atomic E-state index is -0.842. The first-order chi connectivity index (χ1) is 7.99. The molecule has 0 aliphatic heterocycles. The molecule has 6 nitrogen and oxygen atoms in total. The van der Waals surface area contributed by atoms with Crippen molar-refractivity contribution in [2.75, 3.05) is 20.3 Å². The van der Waals surface area contributed by atoms with E-state index in [0.29, 0.717) is 13.2 Å². The van der Waals surface area contributed by atoms with Gasteiger partial charge in [-0.1, -0.05) is 0 Å². The number of hydrogen-bond donors (Lipinski definition) is 3. The van der Waals surface area contributed by atoms with Crippen LogP contribution in [-0.2, 0) is 14.3 Å². The molecule has 1 atom stereocenters. The van der Waals surface area contributed by atoms with Crippen LogP contribution in [0.2, 0.25) is 0 Å². The summed E-state index contributed by atoms with van der Waals surface area (Å²) in [5, 5.41) is 2.77. The molecule has 0 aromatic heterocycles. The quantitative estimate of drug-likeness (QED) is 0.514. The van der Waals surface area contributed by atoms with Crippen LogP contribution in [0.5, 0.6) is 0 Å². The summed E-state index contributed by atoms with van der Waals surface area (Å²) in [6.07, 6.45) is 3.02. The summed E-state index contributed by atoms with van der Waals surface area (Å²) in [5.41, 5.74) is 10.7. The minimum Gasteiger partial charge on any atom is -0.385 e. The van der Waals surface area contributed by atoms with Gasteiger partial charge in [0.15, 0.2) is 0 Å². The van der Waals surface area contributed by atoms with Gasteiger partial charge in [-0.15, -0.1) is 0 Å². The number of amides is 2. The molecule has 2 amide bonds. The van der Waals surface area contributed by atoms with Crippen molar-refractivity contribution in [2.24, 2.45) is 16.9 Å². The van der Waals surface area contributed by atoms with Crippen LogP contribution >= 0.6 is 0 Å². The van der Waals surface area contributed by atoms with Crippen LogP contribution in [0, 0.1) is 5.41 Å². The Morgan fingerprint density at radius 1 is 1.47 bits per heavy atom. The fraction of sp³-hybridized carbons (Fsp3) is 0.818. The second-order valence-electron chi connectivity index (χ2n) is 4.74. The van der Waals surface area contributed by atoms with E-state index in [1.807, 2.05) is 0 Å². The number of rotatable bonds is 8. The van der Waals surface area contributed by atoms with Gasteiger partial charge in [0.05, 0.1) is 12.5 Å². The molecule has 1 saturated carbocycles. The van der Waals surface area contributed by atoms with E-state index < -0.39 is 11.9 Å². The molecule has 1 aliphatic carbocycles. The van der Waals surface area contributed by atoms with Crippen molar-refractivity contribution in [2.45, 2.75) is 31.7 Å². The van der Waals surface area contributed by atoms with Crippen LogP contribution < -0.4 is 16.8 Å². The van der Waals surface area contributed by atoms with Gasteiger partial charge in [-0.25, -0.2) is 0 Å². The van der Waals surface area contributed by atoms with Gasteiger partial charge in [-0.3, -0.25) is 9.59 Å². The molecule has 1 unspecified atom stereocenters. The number of hydrogen-bond acceptors (Lipinski definition) is 4. The van der Waals surface area contributed by atoms with E-state index in [1.54, 1.807) is 7.11 Å². The number of carbonyl (C=O) groups is 2. The minimum absolute atomic E-state index is 0.114. The van der Waals surface area contributed by atoms with Crippen LogP contribution in [0.4, 0.5) is 0 Å². The lowest BCUT2D eigenvalue weighted by atomic mass is 10.0. The maximum Gasteiger partial charge on any atom is 0.237 e. The summed E-state index contributed by atoms with van der Waals surface area (Å²) in [6.45, 7) is 1.30. The topological polar surface area (TPSA) is 107 Å². The molecule has 5 N–H and O–H groups in total. The average Bonchev–Trinajstić information content (AvgIpc) is 3.03. The summed E-state index contributed by atoms with van der Waals surface area (Å²) >= 11 is 0. The Hall–Kier alpha value is -1.14. The van der Waals surface area contributed by atoms with E-state index in [9.17, 15) is 9.59 Å². The number of nitrogens with one attached hydrogen (secondary N) is 1. The van der Waals surface area contributed by atoms with E-state index in [2.05, 4.69) is 5.32 Å². The lowest BCUT2D eigenvalue weighted by Crippen LogP contribution is -2.44. The molecule has 0 aromatic rings. The highest BCUT2D eigenvalue weighted by Gasteiger charge is 2.42. The molecule has 1 fully saturated rings. The second kappa shape index (κ2) is 5.97. The fourth-order valence-electron chi connectivity index (χ4n) is 1.73. The van der Waals surface area contributed by atoms with Crippen LogP contribution in [0.15, 0.2) is 0 Å². The standard InChI is InChI=1S/C11H21N3O3/c1-17-5-4-11(2-3-11)7-14-10(16)8(12)6-9(13)15/h8H,2-7,12H2,1H3,(H2,13,15)(H,14,16). The SMILES string of the molecule is COCCC1(CNC(=O)C(N)CC(N)=O)CC1. The molecule has 17 heavy (non-hydrogen) atoms. The monoisotopic (exact) mass is 243 g/mol. The normalized spacial score (nSPS) is 18.5. The Morgan fingerprint density at radius 2 is 2.12 bits per heavy atom. The molecule has 0 saturated heterocycles. The molecule has 0 heterocycles. The van der Waals surface area contributed by atoms with Crippen LogP contribution in [0.3, 0.4) is 0 Å². The zero-order valence-corrected chi connectivity index (χ0v) is 10.2. The van der Waals surface area contributed by atoms with Crippen molar-refractivity contribution in [1.29, 1.82) is 0 Å². The molecule has 0 bridgehead atoms. The third-order valence-corrected chi connectivity index (χ3v) is 3.19. The Kier molecular flexibility index (Phi) is 4.89. The Bertz CT molecular complexity index is 290. The lowest BCUT2D eigenvalue weighted by Gasteiger charge is -2.17. The Labute approximate surface area is 101 Å². The zero-order chi connectivity index (χ0) is 12.9. The summed E-state index contributed by atoms with van der Waals surface area (Å²) in [7, 11) is 1.66. The molecule has 6 heteroatoms. The van der Waals surface area contributed by atoms with Crippen LogP contribution in [-0.4, -0.2) is 38.1 Å². The van der Waals surface area contributed by atoms with Gasteiger partial charge in [0, 0.05) is 20.3 Å². The predicted molar refractivity (Wildman–Crippen MR) is 63.0 cm³/mol. The van der Waals surface area contributed by atoms with Crippen LogP contribution in [0.25, 0.3) is 0 Å². The van der Waals surface area contributed by atoms with Crippen molar-refractivity contribution in [3.63, 3.8) is 0 Å². The first-order valence-corrected chi connectivity index (χ1v) is 5.80. The summed E-state index contributed by atoms with van der Waals surface area (Å²) in [5.74, 6) is -0.874. The molecular weight excluding hydrogens is 222 g/mol. The molecule has 98 valence electrons. The third-order valence-electron chi connectivity index (χ3n) is 3.19. The number of ether oxygens (including phenoxy) is 1. The fourth-order valence-corrected chi connectivity index (χ4v) is 1.73. The van der Waals surface area contributed by atoms with E-state index in [4.69, 9.17) is 16.2 Å². The highest BCUT2D eigenvalue weighted by Crippen LogP contribution is 2.48.